The largest absolute Gasteiger partial charge is 0.478 e. The number of para-hydroxylation sites is 1. The minimum Gasteiger partial charge on any atom is -0.478 e. The Balaban J connectivity index is 2.01. The van der Waals surface area contributed by atoms with Crippen molar-refractivity contribution in [3.05, 3.63) is 29.8 Å². The molecular weight excluding hydrogens is 284 g/mol. The van der Waals surface area contributed by atoms with E-state index in [1.165, 1.54) is 12.1 Å². The minimum atomic E-state index is -3.07. The highest BCUT2D eigenvalue weighted by Crippen LogP contribution is 2.15. The Hall–Kier alpha value is -2.09. The zero-order chi connectivity index (χ0) is 14.8. The lowest BCUT2D eigenvalue weighted by molar-refractivity contribution is 0.0698. The number of hydrogen-bond donors (Lipinski definition) is 3. The third kappa shape index (κ3) is 3.47. The fourth-order valence-corrected chi connectivity index (χ4v) is 3.70. The minimum absolute atomic E-state index is 0.0262. The van der Waals surface area contributed by atoms with Gasteiger partial charge in [-0.1, -0.05) is 12.1 Å². The summed E-state index contributed by atoms with van der Waals surface area (Å²) >= 11 is 0. The topological polar surface area (TPSA) is 113 Å². The molecular formula is C12H14N2O5S. The second kappa shape index (κ2) is 5.49. The molecule has 2 rings (SSSR count). The van der Waals surface area contributed by atoms with Crippen LogP contribution in [-0.2, 0) is 9.84 Å². The van der Waals surface area contributed by atoms with E-state index in [-0.39, 0.29) is 22.8 Å². The quantitative estimate of drug-likeness (QED) is 0.760. The molecule has 1 aliphatic rings. The Labute approximate surface area is 115 Å². The van der Waals surface area contributed by atoms with E-state index in [1.54, 1.807) is 12.1 Å². The standard InChI is InChI=1S/C12H14N2O5S/c15-11(16)9-3-1-2-4-10(9)14-12(17)13-8-5-6-20(18,19)7-8/h1-4,8H,5-7H2,(H,15,16)(H2,13,14,17)/t8-/m1/s1. The number of carboxylic acids is 1. The average molecular weight is 298 g/mol. The van der Waals surface area contributed by atoms with Crippen LogP contribution < -0.4 is 10.6 Å². The van der Waals surface area contributed by atoms with Crippen molar-refractivity contribution in [2.24, 2.45) is 0 Å². The van der Waals surface area contributed by atoms with Gasteiger partial charge in [0.15, 0.2) is 9.84 Å². The van der Waals surface area contributed by atoms with Crippen LogP contribution in [0.1, 0.15) is 16.8 Å². The van der Waals surface area contributed by atoms with Gasteiger partial charge in [0.2, 0.25) is 0 Å². The van der Waals surface area contributed by atoms with E-state index in [0.717, 1.165) is 0 Å². The molecule has 1 aromatic carbocycles. The van der Waals surface area contributed by atoms with Crippen LogP contribution in [0.4, 0.5) is 10.5 Å². The first-order valence-electron chi connectivity index (χ1n) is 5.98. The molecule has 1 atom stereocenters. The normalized spacial score (nSPS) is 20.3. The monoisotopic (exact) mass is 298 g/mol. The number of urea groups is 1. The zero-order valence-electron chi connectivity index (χ0n) is 10.5. The summed E-state index contributed by atoms with van der Waals surface area (Å²) in [6.07, 6.45) is 0.371. The summed E-state index contributed by atoms with van der Waals surface area (Å²) in [7, 11) is -3.07. The maximum atomic E-state index is 11.7. The van der Waals surface area contributed by atoms with Gasteiger partial charge in [0.1, 0.15) is 0 Å². The van der Waals surface area contributed by atoms with Crippen LogP contribution in [0.25, 0.3) is 0 Å². The molecule has 1 heterocycles. The summed E-state index contributed by atoms with van der Waals surface area (Å²) in [6, 6.07) is 4.95. The Morgan fingerprint density at radius 1 is 1.25 bits per heavy atom. The van der Waals surface area contributed by atoms with Crippen molar-refractivity contribution >= 4 is 27.5 Å². The first kappa shape index (κ1) is 14.3. The first-order valence-corrected chi connectivity index (χ1v) is 7.80. The van der Waals surface area contributed by atoms with Crippen molar-refractivity contribution in [3.63, 3.8) is 0 Å². The maximum Gasteiger partial charge on any atom is 0.337 e. The Bertz CT molecular complexity index is 641. The lowest BCUT2D eigenvalue weighted by Crippen LogP contribution is -2.38. The molecule has 0 bridgehead atoms. The molecule has 2 amide bonds. The van der Waals surface area contributed by atoms with Gasteiger partial charge in [-0.25, -0.2) is 18.0 Å². The van der Waals surface area contributed by atoms with Crippen LogP contribution in [0.3, 0.4) is 0 Å². The Morgan fingerprint density at radius 2 is 1.95 bits per heavy atom. The Kier molecular flexibility index (Phi) is 3.93. The third-order valence-electron chi connectivity index (χ3n) is 2.97. The van der Waals surface area contributed by atoms with Gasteiger partial charge >= 0.3 is 12.0 Å². The van der Waals surface area contributed by atoms with Crippen LogP contribution in [-0.4, -0.2) is 43.1 Å². The van der Waals surface area contributed by atoms with Crippen LogP contribution >= 0.6 is 0 Å². The zero-order valence-corrected chi connectivity index (χ0v) is 11.3. The predicted octanol–water partition coefficient (Wildman–Crippen LogP) is 0.693. The molecule has 1 saturated heterocycles. The van der Waals surface area contributed by atoms with Crippen molar-refractivity contribution in [3.8, 4) is 0 Å². The van der Waals surface area contributed by atoms with Crippen molar-refractivity contribution in [2.45, 2.75) is 12.5 Å². The van der Waals surface area contributed by atoms with Gasteiger partial charge in [0.05, 0.1) is 22.8 Å². The molecule has 0 aromatic heterocycles. The number of hydrogen-bond acceptors (Lipinski definition) is 4. The number of anilines is 1. The lowest BCUT2D eigenvalue weighted by Gasteiger charge is -2.13. The third-order valence-corrected chi connectivity index (χ3v) is 4.74. The molecule has 0 radical (unpaired) electrons. The van der Waals surface area contributed by atoms with Gasteiger partial charge in [-0.05, 0) is 18.6 Å². The highest BCUT2D eigenvalue weighted by molar-refractivity contribution is 7.91. The van der Waals surface area contributed by atoms with E-state index in [1.807, 2.05) is 0 Å². The number of benzene rings is 1. The summed E-state index contributed by atoms with van der Waals surface area (Å²) in [4.78, 5) is 22.7. The molecule has 8 heteroatoms. The SMILES string of the molecule is O=C(Nc1ccccc1C(=O)O)N[C@@H]1CCS(=O)(=O)C1. The maximum absolute atomic E-state index is 11.7. The van der Waals surface area contributed by atoms with E-state index in [9.17, 15) is 18.0 Å². The van der Waals surface area contributed by atoms with Gasteiger partial charge in [0, 0.05) is 6.04 Å². The molecule has 3 N–H and O–H groups in total. The number of nitrogens with one attached hydrogen (secondary N) is 2. The number of carboxylic acid groups (broad SMARTS) is 1. The van der Waals surface area contributed by atoms with E-state index < -0.39 is 27.9 Å². The molecule has 1 aliphatic heterocycles. The van der Waals surface area contributed by atoms with Gasteiger partial charge in [-0.3, -0.25) is 0 Å². The molecule has 20 heavy (non-hydrogen) atoms. The Morgan fingerprint density at radius 3 is 2.55 bits per heavy atom. The summed E-state index contributed by atoms with van der Waals surface area (Å²) in [6.45, 7) is 0. The van der Waals surface area contributed by atoms with Gasteiger partial charge in [0.25, 0.3) is 0 Å². The molecule has 0 aliphatic carbocycles. The second-order valence-corrected chi connectivity index (χ2v) is 6.78. The van der Waals surface area contributed by atoms with E-state index >= 15 is 0 Å². The van der Waals surface area contributed by atoms with Crippen molar-refractivity contribution < 1.29 is 23.1 Å². The molecule has 1 aromatic rings. The smallest absolute Gasteiger partial charge is 0.337 e. The number of carbonyl (C=O) groups excluding carboxylic acids is 1. The number of rotatable bonds is 3. The number of carbonyl (C=O) groups is 2. The van der Waals surface area contributed by atoms with E-state index in [2.05, 4.69) is 10.6 Å². The van der Waals surface area contributed by atoms with E-state index in [0.29, 0.717) is 6.42 Å². The van der Waals surface area contributed by atoms with Gasteiger partial charge < -0.3 is 15.7 Å². The van der Waals surface area contributed by atoms with Crippen molar-refractivity contribution in [1.82, 2.24) is 5.32 Å². The van der Waals surface area contributed by atoms with Crippen molar-refractivity contribution in [2.75, 3.05) is 16.8 Å². The molecule has 1 fully saturated rings. The van der Waals surface area contributed by atoms with Crippen molar-refractivity contribution in [1.29, 1.82) is 0 Å². The molecule has 108 valence electrons. The van der Waals surface area contributed by atoms with Gasteiger partial charge in [-0.15, -0.1) is 0 Å². The molecule has 0 unspecified atom stereocenters. The van der Waals surface area contributed by atoms with E-state index in [4.69, 9.17) is 5.11 Å². The number of sulfone groups is 1. The summed E-state index contributed by atoms with van der Waals surface area (Å²) in [5, 5.41) is 13.9. The highest BCUT2D eigenvalue weighted by atomic mass is 32.2. The van der Waals surface area contributed by atoms with Crippen LogP contribution in [0.5, 0.6) is 0 Å². The van der Waals surface area contributed by atoms with Crippen LogP contribution in [0.15, 0.2) is 24.3 Å². The number of aromatic carboxylic acids is 1. The summed E-state index contributed by atoms with van der Waals surface area (Å²) < 4.78 is 22.5. The lowest BCUT2D eigenvalue weighted by atomic mass is 10.2. The molecule has 7 nitrogen and oxygen atoms in total. The predicted molar refractivity (Wildman–Crippen MR) is 72.6 cm³/mol. The number of amides is 2. The molecule has 0 saturated carbocycles. The summed E-state index contributed by atoms with van der Waals surface area (Å²) in [5.74, 6) is -1.17. The summed E-state index contributed by atoms with van der Waals surface area (Å²) in [5.41, 5.74) is 0.139. The van der Waals surface area contributed by atoms with Crippen LogP contribution in [0.2, 0.25) is 0 Å². The highest BCUT2D eigenvalue weighted by Gasteiger charge is 2.29. The fraction of sp³-hybridized carbons (Fsp3) is 0.333. The molecule has 0 spiro atoms. The van der Waals surface area contributed by atoms with Gasteiger partial charge in [-0.2, -0.15) is 0 Å². The second-order valence-electron chi connectivity index (χ2n) is 4.55. The van der Waals surface area contributed by atoms with Crippen LogP contribution in [0, 0.1) is 0 Å². The first-order chi connectivity index (χ1) is 9.37. The fourth-order valence-electron chi connectivity index (χ4n) is 2.03. The average Bonchev–Trinajstić information content (AvgIpc) is 2.68.